The number of hydrogen-bond acceptors (Lipinski definition) is 4. The molecule has 2 aromatic heterocycles. The second kappa shape index (κ2) is 5.89. The summed E-state index contributed by atoms with van der Waals surface area (Å²) in [7, 11) is 0. The first-order valence-corrected chi connectivity index (χ1v) is 7.19. The highest BCUT2D eigenvalue weighted by Crippen LogP contribution is 2.25. The molecule has 3 rings (SSSR count). The lowest BCUT2D eigenvalue weighted by Gasteiger charge is -2.19. The molecule has 0 saturated carbocycles. The number of carbonyl (C=O) groups is 1. The lowest BCUT2D eigenvalue weighted by molar-refractivity contribution is -0.116. The van der Waals surface area contributed by atoms with Gasteiger partial charge in [0, 0.05) is 30.9 Å². The summed E-state index contributed by atoms with van der Waals surface area (Å²) in [4.78, 5) is 17.5. The quantitative estimate of drug-likeness (QED) is 0.745. The van der Waals surface area contributed by atoms with E-state index >= 15 is 0 Å². The van der Waals surface area contributed by atoms with E-state index in [0.29, 0.717) is 23.4 Å². The smallest absolute Gasteiger partial charge is 0.223 e. The fraction of sp³-hybridized carbons (Fsp3) is 0.176. The van der Waals surface area contributed by atoms with Gasteiger partial charge in [0.05, 0.1) is 13.3 Å². The summed E-state index contributed by atoms with van der Waals surface area (Å²) < 4.78 is 9.44. The summed E-state index contributed by atoms with van der Waals surface area (Å²) in [5.74, 6) is -0.0402. The predicted octanol–water partition coefficient (Wildman–Crippen LogP) is 2.64. The van der Waals surface area contributed by atoms with Crippen LogP contribution in [0.2, 0.25) is 0 Å². The number of nitriles is 1. The molecule has 0 N–H and O–H groups in total. The molecule has 0 unspecified atom stereocenters. The molecular weight excluding hydrogens is 290 g/mol. The van der Waals surface area contributed by atoms with Crippen molar-refractivity contribution in [3.8, 4) is 17.3 Å². The van der Waals surface area contributed by atoms with Crippen molar-refractivity contribution in [1.82, 2.24) is 14.6 Å². The normalized spacial score (nSPS) is 11.1. The molecule has 3 aromatic rings. The fourth-order valence-corrected chi connectivity index (χ4v) is 2.55. The molecule has 0 spiro atoms. The van der Waals surface area contributed by atoms with E-state index in [0.717, 1.165) is 11.3 Å². The summed E-state index contributed by atoms with van der Waals surface area (Å²) >= 11 is 0. The number of hydrogen-bond donors (Lipinski definition) is 0. The fourth-order valence-electron chi connectivity index (χ4n) is 2.55. The van der Waals surface area contributed by atoms with Crippen LogP contribution < -0.4 is 4.90 Å². The molecule has 6 nitrogen and oxygen atoms in total. The standard InChI is InChI=1S/C17H15N5O/c1-3-21(12(2)23)15-6-4-5-13(9-15)16-7-8-19-17-14(10-18)11-20-22(16)17/h4-9,11H,3H2,1-2H3/i8D. The van der Waals surface area contributed by atoms with Crippen molar-refractivity contribution >= 4 is 17.2 Å². The summed E-state index contributed by atoms with van der Waals surface area (Å²) in [6.45, 7) is 4.00. The molecule has 0 radical (unpaired) electrons. The Bertz CT molecular complexity index is 973. The van der Waals surface area contributed by atoms with Crippen molar-refractivity contribution < 1.29 is 6.17 Å². The molecule has 2 heterocycles. The Labute approximate surface area is 135 Å². The van der Waals surface area contributed by atoms with E-state index in [4.69, 9.17) is 6.63 Å². The highest BCUT2D eigenvalue weighted by molar-refractivity contribution is 5.92. The average Bonchev–Trinajstić information content (AvgIpc) is 2.97. The van der Waals surface area contributed by atoms with E-state index in [1.165, 1.54) is 13.1 Å². The molecule has 0 fully saturated rings. The van der Waals surface area contributed by atoms with Crippen LogP contribution in [0, 0.1) is 11.3 Å². The molecular formula is C17H15N5O. The van der Waals surface area contributed by atoms with Gasteiger partial charge in [-0.3, -0.25) is 4.79 Å². The number of benzene rings is 1. The van der Waals surface area contributed by atoms with Crippen molar-refractivity contribution in [3.63, 3.8) is 0 Å². The summed E-state index contributed by atoms with van der Waals surface area (Å²) in [6.07, 6.45) is 1.49. The molecule has 0 aliphatic carbocycles. The van der Waals surface area contributed by atoms with Gasteiger partial charge in [0.15, 0.2) is 5.65 Å². The third kappa shape index (κ3) is 2.53. The van der Waals surface area contributed by atoms with Crippen LogP contribution in [0.25, 0.3) is 16.9 Å². The Morgan fingerprint density at radius 2 is 2.30 bits per heavy atom. The van der Waals surface area contributed by atoms with Crippen LogP contribution in [0.1, 0.15) is 20.8 Å². The van der Waals surface area contributed by atoms with E-state index in [2.05, 4.69) is 10.1 Å². The molecule has 0 aliphatic rings. The number of amides is 1. The minimum absolute atomic E-state index is 0.0402. The Balaban J connectivity index is 2.20. The van der Waals surface area contributed by atoms with Gasteiger partial charge in [0.2, 0.25) is 5.91 Å². The lowest BCUT2D eigenvalue weighted by Crippen LogP contribution is -2.27. The van der Waals surface area contributed by atoms with Gasteiger partial charge >= 0.3 is 0 Å². The second-order valence-electron chi connectivity index (χ2n) is 4.99. The maximum absolute atomic E-state index is 11.8. The van der Waals surface area contributed by atoms with E-state index in [-0.39, 0.29) is 12.1 Å². The molecule has 23 heavy (non-hydrogen) atoms. The zero-order valence-corrected chi connectivity index (χ0v) is 12.8. The topological polar surface area (TPSA) is 74.3 Å². The number of carbonyl (C=O) groups excluding carboxylic acids is 1. The lowest BCUT2D eigenvalue weighted by atomic mass is 10.1. The predicted molar refractivity (Wildman–Crippen MR) is 86.8 cm³/mol. The van der Waals surface area contributed by atoms with Gasteiger partial charge in [0.25, 0.3) is 0 Å². The number of anilines is 1. The largest absolute Gasteiger partial charge is 0.313 e. The Kier molecular flexibility index (Phi) is 3.45. The molecule has 0 bridgehead atoms. The van der Waals surface area contributed by atoms with Crippen molar-refractivity contribution in [2.24, 2.45) is 0 Å². The van der Waals surface area contributed by atoms with Crippen molar-refractivity contribution in [1.29, 1.82) is 5.26 Å². The maximum atomic E-state index is 11.8. The molecule has 6 heteroatoms. The third-order valence-electron chi connectivity index (χ3n) is 3.61. The van der Waals surface area contributed by atoms with Crippen molar-refractivity contribution in [2.45, 2.75) is 13.8 Å². The first kappa shape index (κ1) is 13.5. The van der Waals surface area contributed by atoms with E-state index in [1.54, 1.807) is 15.5 Å². The van der Waals surface area contributed by atoms with E-state index < -0.39 is 0 Å². The van der Waals surface area contributed by atoms with E-state index in [9.17, 15) is 4.79 Å². The van der Waals surface area contributed by atoms with Crippen LogP contribution in [0.15, 0.2) is 42.7 Å². The molecule has 0 aliphatic heterocycles. The number of aromatic nitrogens is 3. The van der Waals surface area contributed by atoms with Gasteiger partial charge in [-0.2, -0.15) is 10.4 Å². The molecule has 0 atom stereocenters. The zero-order chi connectivity index (χ0) is 17.3. The Morgan fingerprint density at radius 3 is 3.00 bits per heavy atom. The summed E-state index contributed by atoms with van der Waals surface area (Å²) in [5, 5.41) is 13.3. The number of fused-ring (bicyclic) bond motifs is 1. The molecule has 1 amide bonds. The summed E-state index contributed by atoms with van der Waals surface area (Å²) in [6, 6.07) is 11.1. The van der Waals surface area contributed by atoms with Gasteiger partial charge in [-0.15, -0.1) is 0 Å². The highest BCUT2D eigenvalue weighted by atomic mass is 16.2. The van der Waals surface area contributed by atoms with Gasteiger partial charge < -0.3 is 4.90 Å². The monoisotopic (exact) mass is 306 g/mol. The van der Waals surface area contributed by atoms with Crippen molar-refractivity contribution in [2.75, 3.05) is 11.4 Å². The Morgan fingerprint density at radius 1 is 1.48 bits per heavy atom. The average molecular weight is 306 g/mol. The van der Waals surface area contributed by atoms with Gasteiger partial charge in [0.1, 0.15) is 11.6 Å². The maximum Gasteiger partial charge on any atom is 0.223 e. The third-order valence-corrected chi connectivity index (χ3v) is 3.61. The molecule has 0 saturated heterocycles. The molecule has 1 aromatic carbocycles. The van der Waals surface area contributed by atoms with Gasteiger partial charge in [-0.25, -0.2) is 9.50 Å². The minimum atomic E-state index is -0.0402. The van der Waals surface area contributed by atoms with Gasteiger partial charge in [-0.05, 0) is 25.1 Å². The van der Waals surface area contributed by atoms with Crippen LogP contribution in [-0.2, 0) is 4.79 Å². The molecule has 114 valence electrons. The van der Waals surface area contributed by atoms with Crippen molar-refractivity contribution in [3.05, 3.63) is 48.3 Å². The Hall–Kier alpha value is -3.20. The SMILES string of the molecule is [2H]c1cc(-c2cccc(N(CC)C(C)=O)c2)n2ncc(C#N)c2n1. The first-order valence-electron chi connectivity index (χ1n) is 7.69. The first-order chi connectivity index (χ1) is 11.5. The van der Waals surface area contributed by atoms with Crippen LogP contribution in [0.5, 0.6) is 0 Å². The second-order valence-corrected chi connectivity index (χ2v) is 4.99. The van der Waals surface area contributed by atoms with Gasteiger partial charge in [-0.1, -0.05) is 12.1 Å². The van der Waals surface area contributed by atoms with Crippen LogP contribution in [0.3, 0.4) is 0 Å². The van der Waals surface area contributed by atoms with Crippen LogP contribution in [0.4, 0.5) is 5.69 Å². The summed E-state index contributed by atoms with van der Waals surface area (Å²) in [5.41, 5.74) is 2.88. The number of nitrogens with zero attached hydrogens (tertiary/aromatic N) is 5. The highest BCUT2D eigenvalue weighted by Gasteiger charge is 2.13. The minimum Gasteiger partial charge on any atom is -0.313 e. The zero-order valence-electron chi connectivity index (χ0n) is 13.8. The van der Waals surface area contributed by atoms with Crippen LogP contribution in [-0.4, -0.2) is 27.0 Å². The van der Waals surface area contributed by atoms with E-state index in [1.807, 2.05) is 37.3 Å². The number of rotatable bonds is 3. The van der Waals surface area contributed by atoms with Crippen LogP contribution >= 0.6 is 0 Å².